The fourth-order valence-electron chi connectivity index (χ4n) is 0.999. The zero-order valence-electron chi connectivity index (χ0n) is 7.89. The molecule has 0 fully saturated rings. The minimum Gasteiger partial charge on any atom is -0.120 e. The number of hydrogen-bond donors (Lipinski definition) is 0. The van der Waals surface area contributed by atoms with Gasteiger partial charge in [0.2, 0.25) is 0 Å². The Kier molecular flexibility index (Phi) is 4.70. The van der Waals surface area contributed by atoms with Crippen LogP contribution < -0.4 is 0 Å². The van der Waals surface area contributed by atoms with Crippen LogP contribution in [0, 0.1) is 24.2 Å². The molecule has 14 heavy (non-hydrogen) atoms. The van der Waals surface area contributed by atoms with Crippen LogP contribution in [0.2, 0.25) is 5.02 Å². The second-order valence-corrected chi connectivity index (χ2v) is 3.25. The van der Waals surface area contributed by atoms with Gasteiger partial charge in [-0.2, -0.15) is 0 Å². The molecule has 0 unspecified atom stereocenters. The molecule has 0 aliphatic heterocycles. The van der Waals surface area contributed by atoms with Gasteiger partial charge in [0.15, 0.2) is 0 Å². The Hall–Kier alpha value is -1.37. The standard InChI is InChI=1S/C13H11Cl/c1-2-3-4-5-6-9-12-10-7-8-11-13(12)14/h1,7-8,10-11H,3-5H2. The first kappa shape index (κ1) is 10.7. The topological polar surface area (TPSA) is 0 Å². The molecule has 0 N–H and O–H groups in total. The molecule has 1 heteroatoms. The average molecular weight is 203 g/mol. The monoisotopic (exact) mass is 202 g/mol. The molecule has 1 aromatic carbocycles. The highest BCUT2D eigenvalue weighted by atomic mass is 35.5. The highest BCUT2D eigenvalue weighted by Gasteiger charge is 1.91. The molecule has 1 rings (SSSR count). The lowest BCUT2D eigenvalue weighted by Gasteiger charge is -1.92. The molecule has 70 valence electrons. The summed E-state index contributed by atoms with van der Waals surface area (Å²) in [4.78, 5) is 0. The summed E-state index contributed by atoms with van der Waals surface area (Å²) in [6.07, 6.45) is 7.70. The second kappa shape index (κ2) is 6.14. The van der Waals surface area contributed by atoms with Crippen molar-refractivity contribution < 1.29 is 0 Å². The summed E-state index contributed by atoms with van der Waals surface area (Å²) in [5.41, 5.74) is 0.884. The van der Waals surface area contributed by atoms with Crippen LogP contribution in [-0.2, 0) is 0 Å². The third-order valence-corrected chi connectivity index (χ3v) is 2.05. The minimum atomic E-state index is 0.706. The van der Waals surface area contributed by atoms with Gasteiger partial charge in [0.25, 0.3) is 0 Å². The van der Waals surface area contributed by atoms with Gasteiger partial charge in [-0.15, -0.1) is 12.3 Å². The molecular formula is C13H11Cl. The maximum atomic E-state index is 5.93. The van der Waals surface area contributed by atoms with E-state index in [4.69, 9.17) is 18.0 Å². The Morgan fingerprint density at radius 3 is 2.71 bits per heavy atom. The number of unbranched alkanes of at least 4 members (excludes halogenated alkanes) is 2. The summed E-state index contributed by atoms with van der Waals surface area (Å²) < 4.78 is 0. The van der Waals surface area contributed by atoms with E-state index in [1.807, 2.05) is 24.3 Å². The van der Waals surface area contributed by atoms with Crippen molar-refractivity contribution in [1.82, 2.24) is 0 Å². The van der Waals surface area contributed by atoms with Crippen molar-refractivity contribution in [2.75, 3.05) is 0 Å². The zero-order chi connectivity index (χ0) is 10.2. The predicted molar refractivity (Wildman–Crippen MR) is 61.0 cm³/mol. The third kappa shape index (κ3) is 3.56. The molecule has 0 aromatic heterocycles. The molecule has 0 saturated carbocycles. The van der Waals surface area contributed by atoms with E-state index < -0.39 is 0 Å². The van der Waals surface area contributed by atoms with Gasteiger partial charge < -0.3 is 0 Å². The van der Waals surface area contributed by atoms with Gasteiger partial charge in [0.05, 0.1) is 5.02 Å². The van der Waals surface area contributed by atoms with Gasteiger partial charge in [-0.05, 0) is 18.6 Å². The highest BCUT2D eigenvalue weighted by Crippen LogP contribution is 2.13. The van der Waals surface area contributed by atoms with Gasteiger partial charge >= 0.3 is 0 Å². The predicted octanol–water partition coefficient (Wildman–Crippen LogP) is 3.50. The first-order valence-corrected chi connectivity index (χ1v) is 4.89. The van der Waals surface area contributed by atoms with Crippen molar-refractivity contribution in [3.8, 4) is 24.2 Å². The Morgan fingerprint density at radius 1 is 1.21 bits per heavy atom. The van der Waals surface area contributed by atoms with E-state index >= 15 is 0 Å². The summed E-state index contributed by atoms with van der Waals surface area (Å²) in [5.74, 6) is 8.65. The molecule has 0 bridgehead atoms. The Bertz CT molecular complexity index is 388. The van der Waals surface area contributed by atoms with Gasteiger partial charge in [0.1, 0.15) is 0 Å². The summed E-state index contributed by atoms with van der Waals surface area (Å²) in [6, 6.07) is 7.58. The molecule has 0 amide bonds. The Balaban J connectivity index is 2.52. The number of terminal acetylenes is 1. The molecule has 0 spiro atoms. The number of rotatable bonds is 2. The quantitative estimate of drug-likeness (QED) is 0.509. The fraction of sp³-hybridized carbons (Fsp3) is 0.231. The van der Waals surface area contributed by atoms with E-state index in [0.29, 0.717) is 5.02 Å². The van der Waals surface area contributed by atoms with E-state index in [-0.39, 0.29) is 0 Å². The second-order valence-electron chi connectivity index (χ2n) is 2.84. The highest BCUT2D eigenvalue weighted by molar-refractivity contribution is 6.31. The van der Waals surface area contributed by atoms with Crippen molar-refractivity contribution in [3.05, 3.63) is 34.9 Å². The van der Waals surface area contributed by atoms with Crippen molar-refractivity contribution in [2.45, 2.75) is 19.3 Å². The fourth-order valence-corrected chi connectivity index (χ4v) is 1.18. The largest absolute Gasteiger partial charge is 0.120 e. The molecule has 1 aromatic rings. The van der Waals surface area contributed by atoms with Crippen LogP contribution in [0.5, 0.6) is 0 Å². The zero-order valence-corrected chi connectivity index (χ0v) is 8.64. The van der Waals surface area contributed by atoms with Crippen LogP contribution in [0.15, 0.2) is 24.3 Å². The number of hydrogen-bond acceptors (Lipinski definition) is 0. The first-order valence-electron chi connectivity index (χ1n) is 4.51. The molecule has 0 aliphatic carbocycles. The SMILES string of the molecule is C#CCCCC#Cc1ccccc1Cl. The average Bonchev–Trinajstić information content (AvgIpc) is 2.20. The smallest absolute Gasteiger partial charge is 0.0562 e. The van der Waals surface area contributed by atoms with Crippen LogP contribution in [0.3, 0.4) is 0 Å². The summed E-state index contributed by atoms with van der Waals surface area (Å²) in [7, 11) is 0. The molecular weight excluding hydrogens is 192 g/mol. The minimum absolute atomic E-state index is 0.706. The van der Waals surface area contributed by atoms with Gasteiger partial charge in [-0.1, -0.05) is 35.6 Å². The van der Waals surface area contributed by atoms with E-state index in [1.54, 1.807) is 0 Å². The Labute approximate surface area is 90.3 Å². The third-order valence-electron chi connectivity index (χ3n) is 1.72. The maximum absolute atomic E-state index is 5.93. The van der Waals surface area contributed by atoms with Gasteiger partial charge in [-0.25, -0.2) is 0 Å². The van der Waals surface area contributed by atoms with Gasteiger partial charge in [0, 0.05) is 18.4 Å². The molecule has 0 radical (unpaired) electrons. The Morgan fingerprint density at radius 2 is 2.00 bits per heavy atom. The lowest BCUT2D eigenvalue weighted by Crippen LogP contribution is -1.75. The van der Waals surface area contributed by atoms with Crippen LogP contribution in [-0.4, -0.2) is 0 Å². The van der Waals surface area contributed by atoms with Crippen molar-refractivity contribution in [2.24, 2.45) is 0 Å². The first-order chi connectivity index (χ1) is 6.84. The van der Waals surface area contributed by atoms with Crippen LogP contribution in [0.4, 0.5) is 0 Å². The number of halogens is 1. The molecule has 0 atom stereocenters. The lowest BCUT2D eigenvalue weighted by atomic mass is 10.2. The van der Waals surface area contributed by atoms with Crippen LogP contribution >= 0.6 is 11.6 Å². The molecule has 0 saturated heterocycles. The maximum Gasteiger partial charge on any atom is 0.0562 e. The summed E-state index contributed by atoms with van der Waals surface area (Å²) >= 11 is 5.93. The van der Waals surface area contributed by atoms with E-state index in [1.165, 1.54) is 0 Å². The van der Waals surface area contributed by atoms with Gasteiger partial charge in [-0.3, -0.25) is 0 Å². The molecule has 0 heterocycles. The number of benzene rings is 1. The van der Waals surface area contributed by atoms with E-state index in [2.05, 4.69) is 17.8 Å². The normalized spacial score (nSPS) is 8.57. The van der Waals surface area contributed by atoms with Crippen LogP contribution in [0.1, 0.15) is 24.8 Å². The van der Waals surface area contributed by atoms with Crippen molar-refractivity contribution in [3.63, 3.8) is 0 Å². The molecule has 0 aliphatic rings. The van der Waals surface area contributed by atoms with Crippen molar-refractivity contribution in [1.29, 1.82) is 0 Å². The van der Waals surface area contributed by atoms with Crippen LogP contribution in [0.25, 0.3) is 0 Å². The van der Waals surface area contributed by atoms with E-state index in [9.17, 15) is 0 Å². The molecule has 0 nitrogen and oxygen atoms in total. The summed E-state index contributed by atoms with van der Waals surface area (Å²) in [6.45, 7) is 0. The summed E-state index contributed by atoms with van der Waals surface area (Å²) in [5, 5.41) is 0.706. The lowest BCUT2D eigenvalue weighted by molar-refractivity contribution is 0.904. The van der Waals surface area contributed by atoms with E-state index in [0.717, 1.165) is 24.8 Å². The van der Waals surface area contributed by atoms with Crippen molar-refractivity contribution >= 4 is 11.6 Å².